The number of fused-ring (bicyclic) bond motifs is 2. The Bertz CT molecular complexity index is 906. The molecule has 0 saturated heterocycles. The Balaban J connectivity index is 1.54. The topological polar surface area (TPSA) is 87.9 Å². The number of hydrogen-bond donors (Lipinski definition) is 0. The molecule has 27 heavy (non-hydrogen) atoms. The van der Waals surface area contributed by atoms with Crippen molar-refractivity contribution in [1.82, 2.24) is 0 Å². The van der Waals surface area contributed by atoms with E-state index in [1.165, 1.54) is 17.0 Å². The Labute approximate surface area is 160 Å². The van der Waals surface area contributed by atoms with Gasteiger partial charge in [0.2, 0.25) is 0 Å². The van der Waals surface area contributed by atoms with Crippen molar-refractivity contribution in [2.75, 3.05) is 6.79 Å². The van der Waals surface area contributed by atoms with Crippen LogP contribution in [0.4, 0.5) is 5.69 Å². The standard InChI is InChI=1S/C19H19NO6S/c1-11-2-3-15-16(9-27-17(15)4-11)19(21)25-8-13-6-14(20(22)23)5-12-7-24-10-26-18(12)13/h5-6,9,11H,2-4,7-8,10H2,1H3. The molecule has 1 aromatic heterocycles. The van der Waals surface area contributed by atoms with Gasteiger partial charge >= 0.3 is 5.97 Å². The fraction of sp³-hybridized carbons (Fsp3) is 0.421. The van der Waals surface area contributed by atoms with Crippen LogP contribution in [0.15, 0.2) is 17.5 Å². The summed E-state index contributed by atoms with van der Waals surface area (Å²) in [4.78, 5) is 24.6. The maximum Gasteiger partial charge on any atom is 0.339 e. The summed E-state index contributed by atoms with van der Waals surface area (Å²) in [5.74, 6) is 0.742. The van der Waals surface area contributed by atoms with E-state index in [-0.39, 0.29) is 25.7 Å². The molecule has 8 heteroatoms. The summed E-state index contributed by atoms with van der Waals surface area (Å²) in [5.41, 5.74) is 2.70. The van der Waals surface area contributed by atoms with Crippen LogP contribution in [0.25, 0.3) is 0 Å². The van der Waals surface area contributed by atoms with Crippen LogP contribution < -0.4 is 4.74 Å². The minimum atomic E-state index is -0.476. The van der Waals surface area contributed by atoms with Crippen LogP contribution >= 0.6 is 11.3 Å². The molecule has 0 N–H and O–H groups in total. The lowest BCUT2D eigenvalue weighted by atomic mass is 9.88. The van der Waals surface area contributed by atoms with Gasteiger partial charge in [0.25, 0.3) is 5.69 Å². The number of carbonyl (C=O) groups is 1. The molecule has 142 valence electrons. The highest BCUT2D eigenvalue weighted by atomic mass is 32.1. The molecule has 1 aromatic carbocycles. The number of nitro groups is 1. The maximum absolute atomic E-state index is 12.6. The Hall–Kier alpha value is -2.45. The molecule has 2 aliphatic rings. The molecule has 1 aliphatic heterocycles. The third-order valence-electron chi connectivity index (χ3n) is 4.96. The first kappa shape index (κ1) is 17.9. The number of ether oxygens (including phenoxy) is 3. The fourth-order valence-electron chi connectivity index (χ4n) is 3.56. The SMILES string of the molecule is CC1CCc2c(C(=O)OCc3cc([N+](=O)[O-])cc4c3OCOC4)csc2C1. The minimum absolute atomic E-state index is 0.0714. The van der Waals surface area contributed by atoms with Gasteiger partial charge in [-0.3, -0.25) is 10.1 Å². The molecule has 1 aliphatic carbocycles. The molecule has 2 aromatic rings. The predicted octanol–water partition coefficient (Wildman–Crippen LogP) is 4.00. The normalized spacial score (nSPS) is 18.2. The lowest BCUT2D eigenvalue weighted by Gasteiger charge is -2.21. The van der Waals surface area contributed by atoms with Crippen LogP contribution in [-0.4, -0.2) is 17.7 Å². The molecule has 1 unspecified atom stereocenters. The molecule has 0 bridgehead atoms. The third kappa shape index (κ3) is 3.54. The van der Waals surface area contributed by atoms with Crippen molar-refractivity contribution in [3.8, 4) is 5.75 Å². The molecule has 7 nitrogen and oxygen atoms in total. The van der Waals surface area contributed by atoms with Crippen molar-refractivity contribution in [3.63, 3.8) is 0 Å². The van der Waals surface area contributed by atoms with Crippen LogP contribution in [0.1, 0.15) is 45.3 Å². The molecular weight excluding hydrogens is 370 g/mol. The van der Waals surface area contributed by atoms with Crippen molar-refractivity contribution in [2.24, 2.45) is 5.92 Å². The van der Waals surface area contributed by atoms with Gasteiger partial charge in [0.15, 0.2) is 6.79 Å². The predicted molar refractivity (Wildman–Crippen MR) is 98.0 cm³/mol. The molecule has 1 atom stereocenters. The number of nitro benzene ring substituents is 1. The summed E-state index contributed by atoms with van der Waals surface area (Å²) >= 11 is 1.60. The number of rotatable bonds is 4. The van der Waals surface area contributed by atoms with Gasteiger partial charge < -0.3 is 14.2 Å². The molecular formula is C19H19NO6S. The number of non-ortho nitro benzene ring substituents is 1. The number of benzene rings is 1. The smallest absolute Gasteiger partial charge is 0.339 e. The second-order valence-corrected chi connectivity index (χ2v) is 7.90. The van der Waals surface area contributed by atoms with Crippen LogP contribution in [0, 0.1) is 16.0 Å². The average molecular weight is 389 g/mol. The Morgan fingerprint density at radius 1 is 1.44 bits per heavy atom. The van der Waals surface area contributed by atoms with Gasteiger partial charge in [0, 0.05) is 33.5 Å². The van der Waals surface area contributed by atoms with E-state index in [9.17, 15) is 14.9 Å². The summed E-state index contributed by atoms with van der Waals surface area (Å²) in [7, 11) is 0. The van der Waals surface area contributed by atoms with Crippen molar-refractivity contribution in [2.45, 2.75) is 39.4 Å². The highest BCUT2D eigenvalue weighted by Crippen LogP contribution is 2.35. The zero-order valence-corrected chi connectivity index (χ0v) is 15.7. The summed E-state index contributed by atoms with van der Waals surface area (Å²) < 4.78 is 16.2. The average Bonchev–Trinajstić information content (AvgIpc) is 3.08. The molecule has 2 heterocycles. The zero-order valence-electron chi connectivity index (χ0n) is 14.9. The van der Waals surface area contributed by atoms with Crippen molar-refractivity contribution in [3.05, 3.63) is 54.8 Å². The third-order valence-corrected chi connectivity index (χ3v) is 6.01. The number of thiophene rings is 1. The minimum Gasteiger partial charge on any atom is -0.467 e. The number of hydrogen-bond acceptors (Lipinski definition) is 7. The summed E-state index contributed by atoms with van der Waals surface area (Å²) in [5, 5.41) is 13.0. The van der Waals surface area contributed by atoms with E-state index in [4.69, 9.17) is 14.2 Å². The zero-order chi connectivity index (χ0) is 19.0. The van der Waals surface area contributed by atoms with Crippen molar-refractivity contribution >= 4 is 23.0 Å². The highest BCUT2D eigenvalue weighted by Gasteiger charge is 2.25. The number of carbonyl (C=O) groups excluding carboxylic acids is 1. The second-order valence-electron chi connectivity index (χ2n) is 6.94. The lowest BCUT2D eigenvalue weighted by Crippen LogP contribution is -2.16. The van der Waals surface area contributed by atoms with E-state index in [1.54, 1.807) is 11.3 Å². The maximum atomic E-state index is 12.6. The van der Waals surface area contributed by atoms with E-state index in [1.807, 2.05) is 5.38 Å². The Morgan fingerprint density at radius 2 is 2.30 bits per heavy atom. The number of nitrogens with zero attached hydrogens (tertiary/aromatic N) is 1. The molecule has 0 radical (unpaired) electrons. The monoisotopic (exact) mass is 389 g/mol. The molecule has 0 fully saturated rings. The number of esters is 1. The first-order valence-electron chi connectivity index (χ1n) is 8.80. The van der Waals surface area contributed by atoms with Crippen LogP contribution in [0.3, 0.4) is 0 Å². The summed E-state index contributed by atoms with van der Waals surface area (Å²) in [6.45, 7) is 2.44. The van der Waals surface area contributed by atoms with Gasteiger partial charge in [-0.1, -0.05) is 6.92 Å². The van der Waals surface area contributed by atoms with Gasteiger partial charge in [0.1, 0.15) is 12.4 Å². The van der Waals surface area contributed by atoms with Gasteiger partial charge in [-0.25, -0.2) is 4.79 Å². The van der Waals surface area contributed by atoms with Gasteiger partial charge in [0.05, 0.1) is 17.1 Å². The van der Waals surface area contributed by atoms with Crippen molar-refractivity contribution in [1.29, 1.82) is 0 Å². The molecule has 4 rings (SSSR count). The molecule has 0 amide bonds. The van der Waals surface area contributed by atoms with Crippen LogP contribution in [0.2, 0.25) is 0 Å². The quantitative estimate of drug-likeness (QED) is 0.446. The first-order valence-corrected chi connectivity index (χ1v) is 9.68. The lowest BCUT2D eigenvalue weighted by molar-refractivity contribution is -0.385. The van der Waals surface area contributed by atoms with E-state index < -0.39 is 10.9 Å². The summed E-state index contributed by atoms with van der Waals surface area (Å²) in [6, 6.07) is 2.82. The first-order chi connectivity index (χ1) is 13.0. The van der Waals surface area contributed by atoms with E-state index in [0.29, 0.717) is 28.4 Å². The van der Waals surface area contributed by atoms with Gasteiger partial charge in [-0.2, -0.15) is 0 Å². The summed E-state index contributed by atoms with van der Waals surface area (Å²) in [6.07, 6.45) is 2.95. The van der Waals surface area contributed by atoms with Crippen LogP contribution in [0.5, 0.6) is 5.75 Å². The largest absolute Gasteiger partial charge is 0.467 e. The Kier molecular flexibility index (Phi) is 4.84. The molecule has 0 saturated carbocycles. The highest BCUT2D eigenvalue weighted by molar-refractivity contribution is 7.10. The van der Waals surface area contributed by atoms with Gasteiger partial charge in [-0.15, -0.1) is 11.3 Å². The second kappa shape index (κ2) is 7.28. The molecule has 0 spiro atoms. The van der Waals surface area contributed by atoms with E-state index in [0.717, 1.165) is 24.8 Å². The fourth-order valence-corrected chi connectivity index (χ4v) is 4.80. The van der Waals surface area contributed by atoms with Crippen LogP contribution in [-0.2, 0) is 35.5 Å². The van der Waals surface area contributed by atoms with E-state index >= 15 is 0 Å². The van der Waals surface area contributed by atoms with E-state index in [2.05, 4.69) is 6.92 Å². The van der Waals surface area contributed by atoms with Crippen molar-refractivity contribution < 1.29 is 23.9 Å². The Morgan fingerprint density at radius 3 is 3.11 bits per heavy atom. The van der Waals surface area contributed by atoms with Gasteiger partial charge in [-0.05, 0) is 30.7 Å².